The summed E-state index contributed by atoms with van der Waals surface area (Å²) in [6, 6.07) is 12.4. The molecule has 8 heteroatoms. The van der Waals surface area contributed by atoms with Crippen LogP contribution in [0.1, 0.15) is 11.1 Å². The highest BCUT2D eigenvalue weighted by molar-refractivity contribution is 8.18. The summed E-state index contributed by atoms with van der Waals surface area (Å²) in [4.78, 5) is 38.4. The number of aryl methyl sites for hydroxylation is 1. The van der Waals surface area contributed by atoms with Gasteiger partial charge in [0.15, 0.2) is 0 Å². The van der Waals surface area contributed by atoms with Gasteiger partial charge >= 0.3 is 0 Å². The third-order valence-corrected chi connectivity index (χ3v) is 5.23. The van der Waals surface area contributed by atoms with E-state index < -0.39 is 17.1 Å². The van der Waals surface area contributed by atoms with Gasteiger partial charge < -0.3 is 14.8 Å². The van der Waals surface area contributed by atoms with E-state index in [-0.39, 0.29) is 11.4 Å². The Morgan fingerprint density at radius 3 is 2.59 bits per heavy atom. The second kappa shape index (κ2) is 8.83. The third kappa shape index (κ3) is 4.60. The number of hydrogen-bond acceptors (Lipinski definition) is 6. The molecule has 2 aromatic rings. The van der Waals surface area contributed by atoms with Crippen molar-refractivity contribution in [2.45, 2.75) is 6.92 Å². The molecule has 1 fully saturated rings. The predicted molar refractivity (Wildman–Crippen MR) is 112 cm³/mol. The zero-order chi connectivity index (χ0) is 21.0. The second-order valence-corrected chi connectivity index (χ2v) is 7.23. The molecule has 0 saturated carbocycles. The minimum absolute atomic E-state index is 0.224. The molecular formula is C21H20N2O5S. The van der Waals surface area contributed by atoms with Gasteiger partial charge in [-0.25, -0.2) is 0 Å². The van der Waals surface area contributed by atoms with Crippen LogP contribution in [0.4, 0.5) is 10.5 Å². The Bertz CT molecular complexity index is 1000. The quantitative estimate of drug-likeness (QED) is 0.729. The van der Waals surface area contributed by atoms with Gasteiger partial charge in [0, 0.05) is 17.3 Å². The fraction of sp³-hybridized carbons (Fsp3) is 0.190. The Morgan fingerprint density at radius 2 is 1.90 bits per heavy atom. The number of carbonyl (C=O) groups is 3. The summed E-state index contributed by atoms with van der Waals surface area (Å²) < 4.78 is 10.5. The van der Waals surface area contributed by atoms with Crippen LogP contribution in [0.25, 0.3) is 6.08 Å². The number of methoxy groups -OCH3 is 2. The first kappa shape index (κ1) is 20.5. The van der Waals surface area contributed by atoms with Crippen LogP contribution in [0.5, 0.6) is 11.5 Å². The number of hydrogen-bond donors (Lipinski definition) is 1. The van der Waals surface area contributed by atoms with Crippen LogP contribution in [-0.4, -0.2) is 42.7 Å². The van der Waals surface area contributed by atoms with E-state index in [2.05, 4.69) is 5.32 Å². The van der Waals surface area contributed by atoms with Gasteiger partial charge in [0.2, 0.25) is 5.91 Å². The van der Waals surface area contributed by atoms with Crippen LogP contribution < -0.4 is 14.8 Å². The van der Waals surface area contributed by atoms with Crippen LogP contribution in [0.15, 0.2) is 47.4 Å². The van der Waals surface area contributed by atoms with E-state index in [1.54, 1.807) is 43.5 Å². The molecule has 0 atom stereocenters. The summed E-state index contributed by atoms with van der Waals surface area (Å²) in [5, 5.41) is 2.23. The van der Waals surface area contributed by atoms with Gasteiger partial charge in [-0.3, -0.25) is 19.3 Å². The van der Waals surface area contributed by atoms with Crippen molar-refractivity contribution >= 4 is 40.6 Å². The average Bonchev–Trinajstić information content (AvgIpc) is 2.97. The smallest absolute Gasteiger partial charge is 0.294 e. The third-order valence-electron chi connectivity index (χ3n) is 4.32. The molecule has 1 N–H and O–H groups in total. The Kier molecular flexibility index (Phi) is 6.23. The van der Waals surface area contributed by atoms with Crippen molar-refractivity contribution in [2.24, 2.45) is 0 Å². The zero-order valence-corrected chi connectivity index (χ0v) is 17.0. The highest BCUT2D eigenvalue weighted by Crippen LogP contribution is 2.35. The number of nitrogens with one attached hydrogen (secondary N) is 1. The standard InChI is InChI=1S/C21H20N2O5S/c1-13-6-4-5-7-16(13)22-19(24)12-23-20(25)18(29-21(23)26)10-14-8-9-15(27-2)11-17(14)28-3/h4-11H,12H2,1-3H3,(H,22,24)/b18-10+. The monoisotopic (exact) mass is 412 g/mol. The number of anilines is 1. The molecule has 2 aromatic carbocycles. The van der Waals surface area contributed by atoms with Gasteiger partial charge in [0.05, 0.1) is 19.1 Å². The fourth-order valence-corrected chi connectivity index (χ4v) is 3.59. The van der Waals surface area contributed by atoms with Gasteiger partial charge in [-0.2, -0.15) is 0 Å². The van der Waals surface area contributed by atoms with Gasteiger partial charge in [0.1, 0.15) is 18.0 Å². The van der Waals surface area contributed by atoms with Crippen LogP contribution in [-0.2, 0) is 9.59 Å². The van der Waals surface area contributed by atoms with Crippen LogP contribution in [0.2, 0.25) is 0 Å². The number of carbonyl (C=O) groups excluding carboxylic acids is 3. The first-order chi connectivity index (χ1) is 13.9. The van der Waals surface area contributed by atoms with Crippen LogP contribution in [0.3, 0.4) is 0 Å². The molecule has 1 aliphatic heterocycles. The van der Waals surface area contributed by atoms with Crippen molar-refractivity contribution in [1.29, 1.82) is 0 Å². The second-order valence-electron chi connectivity index (χ2n) is 6.24. The summed E-state index contributed by atoms with van der Waals surface area (Å²) in [6.45, 7) is 1.51. The number of benzene rings is 2. The van der Waals surface area contributed by atoms with E-state index in [0.29, 0.717) is 22.7 Å². The first-order valence-corrected chi connectivity index (χ1v) is 9.57. The number of para-hydroxylation sites is 1. The van der Waals surface area contributed by atoms with Crippen LogP contribution >= 0.6 is 11.8 Å². The highest BCUT2D eigenvalue weighted by atomic mass is 32.2. The molecular weight excluding hydrogens is 392 g/mol. The van der Waals surface area contributed by atoms with E-state index in [1.165, 1.54) is 7.11 Å². The maximum absolute atomic E-state index is 12.7. The Hall–Kier alpha value is -3.26. The molecule has 0 aliphatic carbocycles. The summed E-state index contributed by atoms with van der Waals surface area (Å²) >= 11 is 0.789. The molecule has 0 bridgehead atoms. The summed E-state index contributed by atoms with van der Waals surface area (Å²) in [5.74, 6) is 0.163. The van der Waals surface area contributed by atoms with Gasteiger partial charge in [-0.05, 0) is 48.5 Å². The SMILES string of the molecule is COc1ccc(/C=C2/SC(=O)N(CC(=O)Nc3ccccc3C)C2=O)c(OC)c1. The van der Waals surface area contributed by atoms with E-state index >= 15 is 0 Å². The summed E-state index contributed by atoms with van der Waals surface area (Å²) in [7, 11) is 3.05. The topological polar surface area (TPSA) is 84.9 Å². The predicted octanol–water partition coefficient (Wildman–Crippen LogP) is 3.69. The minimum atomic E-state index is -0.516. The number of thioether (sulfide) groups is 1. The van der Waals surface area contributed by atoms with Crippen molar-refractivity contribution in [2.75, 3.05) is 26.1 Å². The lowest BCUT2D eigenvalue weighted by atomic mass is 10.1. The molecule has 0 aromatic heterocycles. The summed E-state index contributed by atoms with van der Waals surface area (Å²) in [5.41, 5.74) is 2.16. The largest absolute Gasteiger partial charge is 0.497 e. The molecule has 1 saturated heterocycles. The maximum atomic E-state index is 12.7. The average molecular weight is 412 g/mol. The molecule has 3 rings (SSSR count). The van der Waals surface area contributed by atoms with Gasteiger partial charge in [-0.1, -0.05) is 18.2 Å². The molecule has 150 valence electrons. The van der Waals surface area contributed by atoms with Crippen molar-refractivity contribution < 1.29 is 23.9 Å². The van der Waals surface area contributed by atoms with E-state index in [1.807, 2.05) is 19.1 Å². The Balaban J connectivity index is 1.75. The van der Waals surface area contributed by atoms with E-state index in [9.17, 15) is 14.4 Å². The van der Waals surface area contributed by atoms with Gasteiger partial charge in [0.25, 0.3) is 11.1 Å². The normalized spacial score (nSPS) is 15.0. The van der Waals surface area contributed by atoms with Crippen molar-refractivity contribution in [3.8, 4) is 11.5 Å². The molecule has 7 nitrogen and oxygen atoms in total. The first-order valence-electron chi connectivity index (χ1n) is 8.76. The van der Waals surface area contributed by atoms with E-state index in [4.69, 9.17) is 9.47 Å². The Morgan fingerprint density at radius 1 is 1.14 bits per heavy atom. The highest BCUT2D eigenvalue weighted by Gasteiger charge is 2.36. The number of amides is 3. The van der Waals surface area contributed by atoms with Crippen molar-refractivity contribution in [1.82, 2.24) is 4.90 Å². The lowest BCUT2D eigenvalue weighted by Gasteiger charge is -2.13. The number of nitrogens with zero attached hydrogens (tertiary/aromatic N) is 1. The maximum Gasteiger partial charge on any atom is 0.294 e. The molecule has 1 aliphatic rings. The molecule has 0 radical (unpaired) electrons. The van der Waals surface area contributed by atoms with Crippen molar-refractivity contribution in [3.63, 3.8) is 0 Å². The zero-order valence-electron chi connectivity index (χ0n) is 16.2. The Labute approximate surface area is 172 Å². The lowest BCUT2D eigenvalue weighted by molar-refractivity contribution is -0.127. The molecule has 3 amide bonds. The number of rotatable bonds is 6. The molecule has 0 unspecified atom stereocenters. The van der Waals surface area contributed by atoms with Gasteiger partial charge in [-0.15, -0.1) is 0 Å². The minimum Gasteiger partial charge on any atom is -0.497 e. The van der Waals surface area contributed by atoms with E-state index in [0.717, 1.165) is 22.2 Å². The molecule has 0 spiro atoms. The fourth-order valence-electron chi connectivity index (χ4n) is 2.76. The van der Waals surface area contributed by atoms with Crippen molar-refractivity contribution in [3.05, 3.63) is 58.5 Å². The van der Waals surface area contributed by atoms with Crippen LogP contribution in [0, 0.1) is 6.92 Å². The number of imide groups is 1. The molecule has 1 heterocycles. The lowest BCUT2D eigenvalue weighted by Crippen LogP contribution is -2.36. The summed E-state index contributed by atoms with van der Waals surface area (Å²) in [6.07, 6.45) is 1.57. The molecule has 29 heavy (non-hydrogen) atoms. The number of ether oxygens (including phenoxy) is 2.